The van der Waals surface area contributed by atoms with Crippen LogP contribution in [-0.2, 0) is 17.8 Å². The number of urea groups is 1. The van der Waals surface area contributed by atoms with Gasteiger partial charge in [-0.05, 0) is 42.8 Å². The highest BCUT2D eigenvalue weighted by molar-refractivity contribution is 6.30. The number of carbonyl (C=O) groups is 3. The maximum Gasteiger partial charge on any atom is 0.319 e. The first-order valence-electron chi connectivity index (χ1n) is 13.1. The summed E-state index contributed by atoms with van der Waals surface area (Å²) in [6.07, 6.45) is 3.47. The summed E-state index contributed by atoms with van der Waals surface area (Å²) in [5.41, 5.74) is 7.53. The summed E-state index contributed by atoms with van der Waals surface area (Å²) >= 11 is 5.74. The lowest BCUT2D eigenvalue weighted by Crippen LogP contribution is -2.33. The van der Waals surface area contributed by atoms with Crippen LogP contribution in [-0.4, -0.2) is 61.9 Å². The van der Waals surface area contributed by atoms with Crippen molar-refractivity contribution in [1.82, 2.24) is 24.6 Å². The van der Waals surface area contributed by atoms with Crippen molar-refractivity contribution in [3.05, 3.63) is 82.8 Å². The normalized spacial score (nSPS) is 10.9. The minimum absolute atomic E-state index is 0.0180. The van der Waals surface area contributed by atoms with Crippen LogP contribution in [0.2, 0.25) is 5.02 Å². The van der Waals surface area contributed by atoms with Crippen LogP contribution in [0.5, 0.6) is 0 Å². The van der Waals surface area contributed by atoms with E-state index in [1.165, 1.54) is 18.3 Å². The highest BCUT2D eigenvalue weighted by atomic mass is 35.5. The summed E-state index contributed by atoms with van der Waals surface area (Å²) in [6, 6.07) is 10.1. The highest BCUT2D eigenvalue weighted by Gasteiger charge is 2.22. The first-order chi connectivity index (χ1) is 20.2. The van der Waals surface area contributed by atoms with E-state index in [0.717, 1.165) is 6.07 Å². The molecule has 0 aliphatic carbocycles. The highest BCUT2D eigenvalue weighted by Crippen LogP contribution is 2.22. The second-order valence-corrected chi connectivity index (χ2v) is 9.63. The van der Waals surface area contributed by atoms with E-state index in [2.05, 4.69) is 25.9 Å². The number of imidazole rings is 1. The number of halogens is 2. The molecular formula is C28H30ClFN8O4. The number of amides is 4. The summed E-state index contributed by atoms with van der Waals surface area (Å²) in [6.45, 7) is 2.49. The Morgan fingerprint density at radius 1 is 1.17 bits per heavy atom. The van der Waals surface area contributed by atoms with Crippen molar-refractivity contribution in [1.29, 1.82) is 0 Å². The van der Waals surface area contributed by atoms with E-state index in [-0.39, 0.29) is 60.7 Å². The van der Waals surface area contributed by atoms with Gasteiger partial charge in [-0.25, -0.2) is 19.2 Å². The van der Waals surface area contributed by atoms with E-state index in [4.69, 9.17) is 17.3 Å². The number of hydrogen-bond donors (Lipinski definition) is 5. The topological polar surface area (TPSA) is 167 Å². The number of aromatic nitrogens is 3. The van der Waals surface area contributed by atoms with Crippen LogP contribution in [0.15, 0.2) is 54.9 Å². The molecule has 0 aliphatic rings. The van der Waals surface area contributed by atoms with Gasteiger partial charge in [0.15, 0.2) is 5.69 Å². The molecule has 14 heteroatoms. The molecular weight excluding hydrogens is 567 g/mol. The van der Waals surface area contributed by atoms with E-state index >= 15 is 0 Å². The van der Waals surface area contributed by atoms with Gasteiger partial charge in [-0.2, -0.15) is 0 Å². The van der Waals surface area contributed by atoms with Crippen molar-refractivity contribution in [2.75, 3.05) is 36.1 Å². The van der Waals surface area contributed by atoms with Gasteiger partial charge in [-0.3, -0.25) is 14.0 Å². The molecule has 2 aromatic heterocycles. The Kier molecular flexibility index (Phi) is 9.89. The molecule has 4 aromatic rings. The number of aliphatic hydroxyl groups excluding tert-OH is 1. The molecule has 0 radical (unpaired) electrons. The van der Waals surface area contributed by atoms with Crippen molar-refractivity contribution >= 4 is 52.2 Å². The number of nitrogen functional groups attached to an aromatic ring is 1. The van der Waals surface area contributed by atoms with Gasteiger partial charge in [0.2, 0.25) is 5.91 Å². The Bertz CT molecular complexity index is 1610. The molecule has 4 amide bonds. The number of nitrogens with one attached hydrogen (secondary N) is 3. The van der Waals surface area contributed by atoms with Crippen LogP contribution in [0.25, 0.3) is 5.52 Å². The van der Waals surface area contributed by atoms with Gasteiger partial charge < -0.3 is 31.7 Å². The van der Waals surface area contributed by atoms with E-state index in [0.29, 0.717) is 29.1 Å². The second-order valence-electron chi connectivity index (χ2n) is 9.19. The molecule has 0 aliphatic heterocycles. The summed E-state index contributed by atoms with van der Waals surface area (Å²) in [7, 11) is 0. The number of benzene rings is 2. The van der Waals surface area contributed by atoms with Crippen molar-refractivity contribution < 1.29 is 23.9 Å². The molecule has 6 N–H and O–H groups in total. The van der Waals surface area contributed by atoms with Gasteiger partial charge in [0.1, 0.15) is 23.0 Å². The van der Waals surface area contributed by atoms with Crippen LogP contribution in [0, 0.1) is 5.82 Å². The molecule has 4 rings (SSSR count). The number of nitrogens with two attached hydrogens (primary N) is 1. The first-order valence-corrected chi connectivity index (χ1v) is 13.5. The quantitative estimate of drug-likeness (QED) is 0.177. The van der Waals surface area contributed by atoms with Gasteiger partial charge >= 0.3 is 6.03 Å². The minimum Gasteiger partial charge on any atom is -0.395 e. The largest absolute Gasteiger partial charge is 0.395 e. The van der Waals surface area contributed by atoms with Gasteiger partial charge in [0.25, 0.3) is 5.91 Å². The third kappa shape index (κ3) is 7.30. The summed E-state index contributed by atoms with van der Waals surface area (Å²) in [4.78, 5) is 48.3. The number of carbonyl (C=O) groups excluding carboxylic acids is 3. The summed E-state index contributed by atoms with van der Waals surface area (Å²) in [5, 5.41) is 17.2. The molecule has 2 aromatic carbocycles. The molecule has 0 spiro atoms. The number of hydrogen-bond acceptors (Lipinski definition) is 7. The van der Waals surface area contributed by atoms with Gasteiger partial charge in [-0.15, -0.1) is 0 Å². The number of likely N-dealkylation sites (N-methyl/N-ethyl adjacent to an activating group) is 1. The average Bonchev–Trinajstić information content (AvgIpc) is 3.35. The molecule has 0 saturated heterocycles. The zero-order valence-corrected chi connectivity index (χ0v) is 23.5. The Hall–Kier alpha value is -4.75. The van der Waals surface area contributed by atoms with Crippen LogP contribution < -0.4 is 21.7 Å². The Balaban J connectivity index is 1.44. The predicted octanol–water partition coefficient (Wildman–Crippen LogP) is 3.45. The van der Waals surface area contributed by atoms with Gasteiger partial charge in [-0.1, -0.05) is 23.7 Å². The van der Waals surface area contributed by atoms with Gasteiger partial charge in [0, 0.05) is 55.6 Å². The Morgan fingerprint density at radius 2 is 1.98 bits per heavy atom. The van der Waals surface area contributed by atoms with E-state index in [1.54, 1.807) is 39.8 Å². The number of aryl methyl sites for hydroxylation is 1. The van der Waals surface area contributed by atoms with Crippen molar-refractivity contribution in [3.8, 4) is 0 Å². The van der Waals surface area contributed by atoms with Crippen molar-refractivity contribution in [2.45, 2.75) is 26.3 Å². The molecule has 220 valence electrons. The minimum atomic E-state index is -0.663. The van der Waals surface area contributed by atoms with Crippen LogP contribution in [0.3, 0.4) is 0 Å². The zero-order chi connectivity index (χ0) is 30.2. The zero-order valence-electron chi connectivity index (χ0n) is 22.7. The fraction of sp³-hybridized carbons (Fsp3) is 0.250. The molecule has 0 bridgehead atoms. The number of anilines is 3. The predicted molar refractivity (Wildman–Crippen MR) is 157 cm³/mol. The standard InChI is InChI=1S/C28H30ClFN8O4/c1-2-37(12-13-39)23(40)9-8-22-36-24(25-26(31)32-10-11-38(22)25)27(41)34-19-5-3-4-17(14-19)16-33-28(42)35-21-7-6-18(29)15-20(21)30/h3-7,10-11,14-15,39H,2,8-9,12-13,16H2,1H3,(H2,31,32)(H,34,41)(H2,33,35,42). The molecule has 0 fully saturated rings. The van der Waals surface area contributed by atoms with Crippen molar-refractivity contribution in [2.24, 2.45) is 0 Å². The van der Waals surface area contributed by atoms with E-state index in [9.17, 15) is 23.9 Å². The lowest BCUT2D eigenvalue weighted by Gasteiger charge is -2.19. The van der Waals surface area contributed by atoms with E-state index < -0.39 is 17.8 Å². The molecule has 12 nitrogen and oxygen atoms in total. The molecule has 42 heavy (non-hydrogen) atoms. The average molecular weight is 597 g/mol. The molecule has 0 unspecified atom stereocenters. The summed E-state index contributed by atoms with van der Waals surface area (Å²) in [5.74, 6) is -0.789. The third-order valence-corrected chi connectivity index (χ3v) is 6.59. The lowest BCUT2D eigenvalue weighted by molar-refractivity contribution is -0.131. The third-order valence-electron chi connectivity index (χ3n) is 6.36. The Labute approximate surface area is 245 Å². The van der Waals surface area contributed by atoms with Crippen LogP contribution in [0.1, 0.15) is 35.2 Å². The van der Waals surface area contributed by atoms with Crippen LogP contribution >= 0.6 is 11.6 Å². The maximum absolute atomic E-state index is 14.0. The van der Waals surface area contributed by atoms with Gasteiger partial charge in [0.05, 0.1) is 12.3 Å². The fourth-order valence-corrected chi connectivity index (χ4v) is 4.46. The summed E-state index contributed by atoms with van der Waals surface area (Å²) < 4.78 is 15.6. The number of rotatable bonds is 11. The second kappa shape index (κ2) is 13.7. The SMILES string of the molecule is CCN(CCO)C(=O)CCc1nc(C(=O)Nc2cccc(CNC(=O)Nc3ccc(Cl)cc3F)c2)c2c(N)nccn12. The van der Waals surface area contributed by atoms with Crippen LogP contribution in [0.4, 0.5) is 26.4 Å². The Morgan fingerprint density at radius 3 is 2.71 bits per heavy atom. The smallest absolute Gasteiger partial charge is 0.319 e. The van der Waals surface area contributed by atoms with Crippen molar-refractivity contribution in [3.63, 3.8) is 0 Å². The first kappa shape index (κ1) is 30.2. The number of fused-ring (bicyclic) bond motifs is 1. The molecule has 0 saturated carbocycles. The monoisotopic (exact) mass is 596 g/mol. The lowest BCUT2D eigenvalue weighted by atomic mass is 10.2. The van der Waals surface area contributed by atoms with E-state index in [1.807, 2.05) is 6.92 Å². The number of aliphatic hydroxyl groups is 1. The maximum atomic E-state index is 14.0. The molecule has 0 atom stereocenters. The molecule has 2 heterocycles. The fourth-order valence-electron chi connectivity index (χ4n) is 4.31. The number of nitrogens with zero attached hydrogens (tertiary/aromatic N) is 4.